The second-order valence-corrected chi connectivity index (χ2v) is 11.1. The Labute approximate surface area is 218 Å². The summed E-state index contributed by atoms with van der Waals surface area (Å²) in [5.41, 5.74) is 2.03. The number of amides is 3. The molecule has 8 nitrogen and oxygen atoms in total. The second-order valence-electron chi connectivity index (χ2n) is 9.94. The highest BCUT2D eigenvalue weighted by molar-refractivity contribution is 9.09. The molecule has 0 aliphatic carbocycles. The minimum atomic E-state index is -1.20. The number of ether oxygens (including phenoxy) is 1. The number of hydrogen-bond acceptors (Lipinski definition) is 5. The number of rotatable bonds is 6. The van der Waals surface area contributed by atoms with Gasteiger partial charge in [-0.3, -0.25) is 14.4 Å². The van der Waals surface area contributed by atoms with E-state index in [0.29, 0.717) is 17.7 Å². The Morgan fingerprint density at radius 3 is 2.58 bits per heavy atom. The van der Waals surface area contributed by atoms with Crippen molar-refractivity contribution >= 4 is 39.3 Å². The number of nitrogens with zero attached hydrogens (tertiary/aromatic N) is 1. The van der Waals surface area contributed by atoms with E-state index in [-0.39, 0.29) is 23.2 Å². The predicted molar refractivity (Wildman–Crippen MR) is 137 cm³/mol. The normalized spacial score (nSPS) is 31.3. The highest BCUT2D eigenvalue weighted by atomic mass is 79.9. The molecule has 3 aliphatic rings. The van der Waals surface area contributed by atoms with E-state index in [1.54, 1.807) is 0 Å². The van der Waals surface area contributed by atoms with Crippen molar-refractivity contribution in [1.29, 1.82) is 0 Å². The summed E-state index contributed by atoms with van der Waals surface area (Å²) in [7, 11) is 1.53. The van der Waals surface area contributed by atoms with Crippen LogP contribution in [0.25, 0.3) is 0 Å². The van der Waals surface area contributed by atoms with Crippen molar-refractivity contribution in [3.05, 3.63) is 65.2 Å². The smallest absolute Gasteiger partial charge is 0.250 e. The lowest BCUT2D eigenvalue weighted by atomic mass is 9.70. The summed E-state index contributed by atoms with van der Waals surface area (Å²) in [6.07, 6.45) is -0.128. The van der Waals surface area contributed by atoms with Gasteiger partial charge in [-0.25, -0.2) is 0 Å². The van der Waals surface area contributed by atoms with E-state index in [2.05, 4.69) is 26.6 Å². The minimum absolute atomic E-state index is 0.191. The lowest BCUT2D eigenvalue weighted by Gasteiger charge is -2.37. The third-order valence-electron chi connectivity index (χ3n) is 7.87. The number of hydrogen-bond donors (Lipinski definition) is 3. The van der Waals surface area contributed by atoms with Crippen molar-refractivity contribution in [3.63, 3.8) is 0 Å². The van der Waals surface area contributed by atoms with Crippen molar-refractivity contribution in [2.24, 2.45) is 11.8 Å². The molecular weight excluding hydrogens is 526 g/mol. The van der Waals surface area contributed by atoms with Crippen LogP contribution in [0.5, 0.6) is 0 Å². The summed E-state index contributed by atoms with van der Waals surface area (Å²) in [5, 5.41) is 16.2. The molecule has 1 spiro atoms. The molecule has 2 aromatic carbocycles. The highest BCUT2D eigenvalue weighted by Gasteiger charge is 2.77. The van der Waals surface area contributed by atoms with E-state index in [1.165, 1.54) is 11.9 Å². The lowest BCUT2D eigenvalue weighted by molar-refractivity contribution is -0.144. The van der Waals surface area contributed by atoms with Gasteiger partial charge in [0.2, 0.25) is 17.7 Å². The molecular formula is C27H30BrN3O5. The fourth-order valence-electron chi connectivity index (χ4n) is 6.27. The molecule has 0 radical (unpaired) electrons. The first kappa shape index (κ1) is 24.9. The molecule has 3 heterocycles. The van der Waals surface area contributed by atoms with Crippen LogP contribution in [0.4, 0.5) is 5.69 Å². The van der Waals surface area contributed by atoms with E-state index in [1.807, 2.05) is 62.4 Å². The Kier molecular flexibility index (Phi) is 6.43. The van der Waals surface area contributed by atoms with E-state index in [4.69, 9.17) is 4.74 Å². The molecule has 0 saturated carbocycles. The molecule has 36 heavy (non-hydrogen) atoms. The molecule has 7 atom stereocenters. The molecule has 190 valence electrons. The fraction of sp³-hybridized carbons (Fsp3) is 0.444. The average molecular weight is 556 g/mol. The molecule has 3 unspecified atom stereocenters. The van der Waals surface area contributed by atoms with Gasteiger partial charge in [-0.05, 0) is 43.0 Å². The van der Waals surface area contributed by atoms with E-state index in [9.17, 15) is 19.5 Å². The van der Waals surface area contributed by atoms with Crippen molar-refractivity contribution in [3.8, 4) is 0 Å². The van der Waals surface area contributed by atoms with Crippen LogP contribution in [0.15, 0.2) is 48.5 Å². The largest absolute Gasteiger partial charge is 0.394 e. The first-order valence-corrected chi connectivity index (χ1v) is 13.0. The Bertz CT molecular complexity index is 1210. The number of likely N-dealkylation sites (tertiary alicyclic amines) is 1. The second kappa shape index (κ2) is 9.28. The third-order valence-corrected chi connectivity index (χ3v) is 8.71. The molecule has 3 N–H and O–H groups in total. The molecule has 9 heteroatoms. The molecule has 0 aromatic heterocycles. The molecule has 2 aromatic rings. The first-order valence-electron chi connectivity index (χ1n) is 12.1. The van der Waals surface area contributed by atoms with Crippen molar-refractivity contribution < 1.29 is 24.2 Å². The summed E-state index contributed by atoms with van der Waals surface area (Å²) < 4.78 is 6.48. The zero-order chi connectivity index (χ0) is 25.8. The van der Waals surface area contributed by atoms with Gasteiger partial charge < -0.3 is 25.4 Å². The van der Waals surface area contributed by atoms with E-state index in [0.717, 1.165) is 11.1 Å². The number of halogens is 1. The summed E-state index contributed by atoms with van der Waals surface area (Å²) in [6.45, 7) is 3.47. The summed E-state index contributed by atoms with van der Waals surface area (Å²) in [5.74, 6) is -2.61. The fourth-order valence-corrected chi connectivity index (χ4v) is 7.21. The number of carbonyl (C=O) groups is 3. The van der Waals surface area contributed by atoms with Crippen LogP contribution >= 0.6 is 15.9 Å². The third kappa shape index (κ3) is 3.67. The van der Waals surface area contributed by atoms with Crippen molar-refractivity contribution in [2.75, 3.05) is 19.0 Å². The van der Waals surface area contributed by atoms with Gasteiger partial charge >= 0.3 is 0 Å². The van der Waals surface area contributed by atoms with Crippen LogP contribution in [0.1, 0.15) is 29.2 Å². The lowest BCUT2D eigenvalue weighted by Crippen LogP contribution is -2.55. The maximum Gasteiger partial charge on any atom is 0.250 e. The van der Waals surface area contributed by atoms with E-state index >= 15 is 0 Å². The molecule has 3 saturated heterocycles. The number of anilines is 1. The van der Waals surface area contributed by atoms with Gasteiger partial charge in [0.1, 0.15) is 11.6 Å². The van der Waals surface area contributed by atoms with Crippen LogP contribution in [0.3, 0.4) is 0 Å². The van der Waals surface area contributed by atoms with Gasteiger partial charge in [0.15, 0.2) is 0 Å². The molecule has 2 bridgehead atoms. The van der Waals surface area contributed by atoms with Crippen molar-refractivity contribution in [1.82, 2.24) is 10.2 Å². The average Bonchev–Trinajstić information content (AvgIpc) is 3.46. The van der Waals surface area contributed by atoms with Crippen LogP contribution in [-0.2, 0) is 19.1 Å². The molecule has 3 amide bonds. The van der Waals surface area contributed by atoms with Gasteiger partial charge in [0, 0.05) is 17.6 Å². The zero-order valence-corrected chi connectivity index (χ0v) is 22.0. The number of aliphatic hydroxyl groups is 1. The predicted octanol–water partition coefficient (Wildman–Crippen LogP) is 2.47. The Balaban J connectivity index is 1.63. The van der Waals surface area contributed by atoms with Gasteiger partial charge in [-0.15, -0.1) is 0 Å². The standard InChI is InChI=1S/C27H30BrN3O5/c1-14-9-10-15(2)18(11-14)30-25(34)23-27-12-17(28)22(36-27)20(24(33)29-3)21(27)26(35)31(23)19(13-32)16-7-5-4-6-8-16/h4-11,17,19-23,32H,12-13H2,1-3H3,(H,29,33)(H,30,34)/t17?,19-,20+,21+,22+,23?,27?/m1/s1. The van der Waals surface area contributed by atoms with Gasteiger partial charge in [0.25, 0.3) is 0 Å². The maximum absolute atomic E-state index is 14.1. The number of carbonyl (C=O) groups excluding carboxylic acids is 3. The summed E-state index contributed by atoms with van der Waals surface area (Å²) in [6, 6.07) is 13.1. The Morgan fingerprint density at radius 2 is 1.92 bits per heavy atom. The first-order chi connectivity index (χ1) is 17.2. The van der Waals surface area contributed by atoms with Gasteiger partial charge in [-0.1, -0.05) is 58.4 Å². The van der Waals surface area contributed by atoms with Gasteiger partial charge in [0.05, 0.1) is 30.6 Å². The quantitative estimate of drug-likeness (QED) is 0.474. The number of aryl methyl sites for hydroxylation is 2. The van der Waals surface area contributed by atoms with E-state index < -0.39 is 41.5 Å². The maximum atomic E-state index is 14.1. The summed E-state index contributed by atoms with van der Waals surface area (Å²) >= 11 is 3.65. The number of benzene rings is 2. The molecule has 5 rings (SSSR count). The Hall–Kier alpha value is -2.75. The Morgan fingerprint density at radius 1 is 1.19 bits per heavy atom. The number of aliphatic hydroxyl groups excluding tert-OH is 1. The summed E-state index contributed by atoms with van der Waals surface area (Å²) in [4.78, 5) is 42.4. The minimum Gasteiger partial charge on any atom is -0.394 e. The zero-order valence-electron chi connectivity index (χ0n) is 20.4. The van der Waals surface area contributed by atoms with Crippen molar-refractivity contribution in [2.45, 2.75) is 48.9 Å². The topological polar surface area (TPSA) is 108 Å². The molecule has 3 aliphatic heterocycles. The monoisotopic (exact) mass is 555 g/mol. The van der Waals surface area contributed by atoms with Crippen LogP contribution in [0.2, 0.25) is 0 Å². The highest BCUT2D eigenvalue weighted by Crippen LogP contribution is 2.61. The van der Waals surface area contributed by atoms with Gasteiger partial charge in [-0.2, -0.15) is 0 Å². The number of fused-ring (bicyclic) bond motifs is 1. The number of alkyl halides is 1. The van der Waals surface area contributed by atoms with Crippen LogP contribution in [0, 0.1) is 25.7 Å². The van der Waals surface area contributed by atoms with Crippen LogP contribution in [-0.4, -0.2) is 64.0 Å². The number of nitrogens with one attached hydrogen (secondary N) is 2. The SMILES string of the molecule is CNC(=O)[C@H]1[C@H]2C(=O)N([C@H](CO)c3ccccc3)C(C(=O)Nc3cc(C)ccc3C)C23CC(Br)[C@@H]1O3. The molecule has 3 fully saturated rings. The van der Waals surface area contributed by atoms with Crippen LogP contribution < -0.4 is 10.6 Å².